The van der Waals surface area contributed by atoms with Gasteiger partial charge in [-0.3, -0.25) is 4.98 Å². The summed E-state index contributed by atoms with van der Waals surface area (Å²) in [4.78, 5) is 6.68. The smallest absolute Gasteiger partial charge is 0.170 e. The summed E-state index contributed by atoms with van der Waals surface area (Å²) in [6, 6.07) is 16.2. The number of aromatic nitrogens is 1. The SMILES string of the molecule is CCN1C(=S)N[C@@H](c2ccccn2)[C@H]1c1ccc(-c2ccc(C)cc2Br)o1. The van der Waals surface area contributed by atoms with E-state index in [9.17, 15) is 0 Å². The van der Waals surface area contributed by atoms with Gasteiger partial charge in [0.25, 0.3) is 0 Å². The second-order valence-corrected chi connectivity index (χ2v) is 7.84. The number of pyridine rings is 1. The van der Waals surface area contributed by atoms with Crippen LogP contribution in [0.3, 0.4) is 0 Å². The largest absolute Gasteiger partial charge is 0.459 e. The summed E-state index contributed by atoms with van der Waals surface area (Å²) < 4.78 is 7.33. The highest BCUT2D eigenvalue weighted by Gasteiger charge is 2.40. The Hall–Kier alpha value is -2.18. The van der Waals surface area contributed by atoms with E-state index in [1.54, 1.807) is 0 Å². The normalized spacial score (nSPS) is 19.4. The number of thiocarbonyl (C=S) groups is 1. The molecule has 1 aliphatic rings. The summed E-state index contributed by atoms with van der Waals surface area (Å²) in [5.74, 6) is 1.72. The number of aryl methyl sites for hydroxylation is 1. The van der Waals surface area contributed by atoms with Crippen molar-refractivity contribution in [1.29, 1.82) is 0 Å². The molecule has 138 valence electrons. The minimum Gasteiger partial charge on any atom is -0.459 e. The fourth-order valence-electron chi connectivity index (χ4n) is 3.53. The summed E-state index contributed by atoms with van der Waals surface area (Å²) >= 11 is 9.21. The molecule has 1 N–H and O–H groups in total. The molecule has 0 bridgehead atoms. The number of rotatable bonds is 4. The molecule has 1 aliphatic heterocycles. The predicted octanol–water partition coefficient (Wildman–Crippen LogP) is 5.40. The van der Waals surface area contributed by atoms with Crippen LogP contribution in [0, 0.1) is 6.92 Å². The van der Waals surface area contributed by atoms with Gasteiger partial charge in [0.1, 0.15) is 17.6 Å². The number of hydrogen-bond donors (Lipinski definition) is 1. The fraction of sp³-hybridized carbons (Fsp3) is 0.238. The van der Waals surface area contributed by atoms with E-state index < -0.39 is 0 Å². The van der Waals surface area contributed by atoms with E-state index in [1.165, 1.54) is 5.56 Å². The van der Waals surface area contributed by atoms with E-state index in [0.717, 1.165) is 38.9 Å². The van der Waals surface area contributed by atoms with Crippen LogP contribution in [0.25, 0.3) is 11.3 Å². The predicted molar refractivity (Wildman–Crippen MR) is 114 cm³/mol. The molecule has 27 heavy (non-hydrogen) atoms. The minimum absolute atomic E-state index is 0.0321. The third kappa shape index (κ3) is 3.39. The lowest BCUT2D eigenvalue weighted by atomic mass is 10.0. The average molecular weight is 442 g/mol. The third-order valence-electron chi connectivity index (χ3n) is 4.85. The second-order valence-electron chi connectivity index (χ2n) is 6.60. The van der Waals surface area contributed by atoms with Crippen LogP contribution in [0.1, 0.15) is 36.0 Å². The molecule has 0 aliphatic carbocycles. The fourth-order valence-corrected chi connectivity index (χ4v) is 4.59. The van der Waals surface area contributed by atoms with Crippen molar-refractivity contribution in [3.63, 3.8) is 0 Å². The first kappa shape index (κ1) is 18.2. The Morgan fingerprint density at radius 1 is 1.22 bits per heavy atom. The number of halogens is 1. The van der Waals surface area contributed by atoms with E-state index in [-0.39, 0.29) is 12.1 Å². The van der Waals surface area contributed by atoms with Crippen molar-refractivity contribution < 1.29 is 4.42 Å². The summed E-state index contributed by atoms with van der Waals surface area (Å²) in [5.41, 5.74) is 3.20. The van der Waals surface area contributed by atoms with Crippen LogP contribution < -0.4 is 5.32 Å². The Balaban J connectivity index is 1.73. The van der Waals surface area contributed by atoms with Gasteiger partial charge in [0, 0.05) is 22.8 Å². The standard InChI is InChI=1S/C21H20BrN3OS/c1-3-25-20(19(24-21(25)27)16-6-4-5-11-23-16)18-10-9-17(26-18)14-8-7-13(2)12-15(14)22/h4-12,19-20H,3H2,1-2H3,(H,24,27)/t19-,20+/m0/s1. The van der Waals surface area contributed by atoms with Gasteiger partial charge in [0.2, 0.25) is 0 Å². The molecule has 1 aromatic carbocycles. The summed E-state index contributed by atoms with van der Waals surface area (Å²) in [6.07, 6.45) is 1.81. The monoisotopic (exact) mass is 441 g/mol. The molecule has 0 radical (unpaired) electrons. The maximum Gasteiger partial charge on any atom is 0.170 e. The molecule has 0 saturated carbocycles. The van der Waals surface area contributed by atoms with Crippen LogP contribution in [0.5, 0.6) is 0 Å². The maximum atomic E-state index is 6.31. The molecule has 3 aromatic rings. The first-order valence-corrected chi connectivity index (χ1v) is 10.1. The first-order valence-electron chi connectivity index (χ1n) is 8.93. The Bertz CT molecular complexity index is 973. The van der Waals surface area contributed by atoms with Crippen molar-refractivity contribution in [1.82, 2.24) is 15.2 Å². The van der Waals surface area contributed by atoms with Crippen molar-refractivity contribution in [3.8, 4) is 11.3 Å². The van der Waals surface area contributed by atoms with Crippen molar-refractivity contribution in [2.75, 3.05) is 6.54 Å². The Morgan fingerprint density at radius 3 is 2.78 bits per heavy atom. The topological polar surface area (TPSA) is 41.3 Å². The number of nitrogens with zero attached hydrogens (tertiary/aromatic N) is 2. The van der Waals surface area contributed by atoms with Gasteiger partial charge in [-0.2, -0.15) is 0 Å². The Morgan fingerprint density at radius 2 is 2.07 bits per heavy atom. The first-order chi connectivity index (χ1) is 13.1. The number of hydrogen-bond acceptors (Lipinski definition) is 3. The highest BCUT2D eigenvalue weighted by Crippen LogP contribution is 2.41. The van der Waals surface area contributed by atoms with Crippen LogP contribution in [0.15, 0.2) is 63.6 Å². The molecule has 2 aromatic heterocycles. The van der Waals surface area contributed by atoms with Gasteiger partial charge in [-0.15, -0.1) is 0 Å². The van der Waals surface area contributed by atoms with Gasteiger partial charge >= 0.3 is 0 Å². The van der Waals surface area contributed by atoms with Crippen LogP contribution >= 0.6 is 28.1 Å². The molecule has 4 nitrogen and oxygen atoms in total. The zero-order valence-electron chi connectivity index (χ0n) is 15.1. The van der Waals surface area contributed by atoms with Gasteiger partial charge < -0.3 is 14.6 Å². The third-order valence-corrected chi connectivity index (χ3v) is 5.86. The molecule has 0 amide bonds. The van der Waals surface area contributed by atoms with Gasteiger partial charge in [-0.1, -0.05) is 28.1 Å². The Kier molecular flexibility index (Phi) is 5.02. The molecule has 0 unspecified atom stereocenters. The highest BCUT2D eigenvalue weighted by atomic mass is 79.9. The number of nitrogens with one attached hydrogen (secondary N) is 1. The summed E-state index contributed by atoms with van der Waals surface area (Å²) in [7, 11) is 0. The summed E-state index contributed by atoms with van der Waals surface area (Å²) in [6.45, 7) is 4.97. The quantitative estimate of drug-likeness (QED) is 0.548. The average Bonchev–Trinajstić information content (AvgIpc) is 3.26. The molecule has 1 saturated heterocycles. The summed E-state index contributed by atoms with van der Waals surface area (Å²) in [5, 5.41) is 4.14. The lowest BCUT2D eigenvalue weighted by Gasteiger charge is -2.24. The molecule has 2 atom stereocenters. The number of likely N-dealkylation sites (N-methyl/N-ethyl adjacent to an activating group) is 1. The molecule has 1 fully saturated rings. The van der Waals surface area contributed by atoms with E-state index in [2.05, 4.69) is 63.2 Å². The zero-order chi connectivity index (χ0) is 19.0. The van der Waals surface area contributed by atoms with Gasteiger partial charge in [-0.05, 0) is 68.0 Å². The molecular formula is C21H20BrN3OS. The maximum absolute atomic E-state index is 6.31. The van der Waals surface area contributed by atoms with Gasteiger partial charge in [0.05, 0.1) is 11.7 Å². The van der Waals surface area contributed by atoms with Gasteiger partial charge in [0.15, 0.2) is 5.11 Å². The highest BCUT2D eigenvalue weighted by molar-refractivity contribution is 9.10. The lowest BCUT2D eigenvalue weighted by molar-refractivity contribution is 0.284. The van der Waals surface area contributed by atoms with Crippen molar-refractivity contribution in [2.45, 2.75) is 25.9 Å². The minimum atomic E-state index is -0.0425. The molecule has 6 heteroatoms. The van der Waals surface area contributed by atoms with E-state index in [0.29, 0.717) is 0 Å². The lowest BCUT2D eigenvalue weighted by Crippen LogP contribution is -2.29. The number of benzene rings is 1. The van der Waals surface area contributed by atoms with Crippen LogP contribution in [0.2, 0.25) is 0 Å². The second kappa shape index (κ2) is 7.44. The van der Waals surface area contributed by atoms with Crippen LogP contribution in [-0.4, -0.2) is 21.5 Å². The van der Waals surface area contributed by atoms with E-state index in [4.69, 9.17) is 16.6 Å². The number of furan rings is 1. The Labute approximate surface area is 172 Å². The molecule has 3 heterocycles. The zero-order valence-corrected chi connectivity index (χ0v) is 17.5. The molecular weight excluding hydrogens is 422 g/mol. The van der Waals surface area contributed by atoms with Crippen molar-refractivity contribution in [2.24, 2.45) is 0 Å². The molecule has 4 rings (SSSR count). The van der Waals surface area contributed by atoms with Crippen LogP contribution in [0.4, 0.5) is 0 Å². The van der Waals surface area contributed by atoms with Crippen LogP contribution in [-0.2, 0) is 0 Å². The van der Waals surface area contributed by atoms with Gasteiger partial charge in [-0.25, -0.2) is 0 Å². The van der Waals surface area contributed by atoms with Crippen molar-refractivity contribution in [3.05, 3.63) is 76.2 Å². The molecule has 0 spiro atoms. The van der Waals surface area contributed by atoms with E-state index >= 15 is 0 Å². The van der Waals surface area contributed by atoms with E-state index in [1.807, 2.05) is 36.5 Å². The van der Waals surface area contributed by atoms with Crippen molar-refractivity contribution >= 4 is 33.3 Å².